The minimum Gasteiger partial charge on any atom is -0.494 e. The Kier molecular flexibility index (Phi) is 9.98. The van der Waals surface area contributed by atoms with Gasteiger partial charge in [-0.3, -0.25) is 0 Å². The highest BCUT2D eigenvalue weighted by Gasteiger charge is 2.08. The number of benzene rings is 1. The molecular formula is C19H32O2. The Hall–Kier alpha value is -1.02. The molecule has 0 saturated carbocycles. The maximum atomic E-state index is 10.3. The summed E-state index contributed by atoms with van der Waals surface area (Å²) in [6, 6.07) is 7.89. The molecule has 1 unspecified atom stereocenters. The lowest BCUT2D eigenvalue weighted by molar-refractivity contribution is 0.162. The third kappa shape index (κ3) is 8.11. The summed E-state index contributed by atoms with van der Waals surface area (Å²) >= 11 is 0. The molecule has 21 heavy (non-hydrogen) atoms. The van der Waals surface area contributed by atoms with E-state index in [1.54, 1.807) is 0 Å². The fraction of sp³-hybridized carbons (Fsp3) is 0.684. The molecule has 0 radical (unpaired) electrons. The molecule has 2 heteroatoms. The van der Waals surface area contributed by atoms with E-state index in [-0.39, 0.29) is 6.10 Å². The van der Waals surface area contributed by atoms with E-state index in [0.29, 0.717) is 0 Å². The molecule has 0 aliphatic carbocycles. The van der Waals surface area contributed by atoms with E-state index >= 15 is 0 Å². The molecule has 1 aromatic rings. The molecule has 0 spiro atoms. The third-order valence-electron chi connectivity index (χ3n) is 3.80. The summed E-state index contributed by atoms with van der Waals surface area (Å²) in [5.41, 5.74) is 0.981. The van der Waals surface area contributed by atoms with Gasteiger partial charge in [-0.25, -0.2) is 0 Å². The zero-order valence-electron chi connectivity index (χ0n) is 13.8. The summed E-state index contributed by atoms with van der Waals surface area (Å²) in [6.45, 7) is 5.07. The Morgan fingerprint density at radius 2 is 1.67 bits per heavy atom. The van der Waals surface area contributed by atoms with Gasteiger partial charge in [0.1, 0.15) is 5.75 Å². The van der Waals surface area contributed by atoms with E-state index in [0.717, 1.165) is 37.2 Å². The van der Waals surface area contributed by atoms with Crippen molar-refractivity contribution in [3.63, 3.8) is 0 Å². The highest BCUT2D eigenvalue weighted by molar-refractivity contribution is 5.29. The van der Waals surface area contributed by atoms with Gasteiger partial charge in [0.25, 0.3) is 0 Å². The first-order chi connectivity index (χ1) is 10.3. The smallest absolute Gasteiger partial charge is 0.119 e. The maximum absolute atomic E-state index is 10.3. The standard InChI is InChI=1S/C19H32O2/c1-3-5-6-7-8-9-10-14-19(20)17-12-11-13-18(16-17)21-15-4-2/h11-13,16,19-20H,3-10,14-15H2,1-2H3. The maximum Gasteiger partial charge on any atom is 0.119 e. The largest absolute Gasteiger partial charge is 0.494 e. The molecule has 1 N–H and O–H groups in total. The zero-order valence-corrected chi connectivity index (χ0v) is 13.8. The topological polar surface area (TPSA) is 29.5 Å². The van der Waals surface area contributed by atoms with Gasteiger partial charge in [-0.05, 0) is 30.5 Å². The van der Waals surface area contributed by atoms with E-state index in [2.05, 4.69) is 13.8 Å². The molecular weight excluding hydrogens is 260 g/mol. The summed E-state index contributed by atoms with van der Waals surface area (Å²) in [6.07, 6.45) is 10.5. The summed E-state index contributed by atoms with van der Waals surface area (Å²) in [5.74, 6) is 0.868. The number of ether oxygens (including phenoxy) is 1. The Bertz CT molecular complexity index is 362. The van der Waals surface area contributed by atoms with Gasteiger partial charge < -0.3 is 9.84 Å². The summed E-state index contributed by atoms with van der Waals surface area (Å²) in [5, 5.41) is 10.3. The molecule has 0 aliphatic rings. The zero-order chi connectivity index (χ0) is 15.3. The molecule has 2 nitrogen and oxygen atoms in total. The number of hydrogen-bond acceptors (Lipinski definition) is 2. The predicted octanol–water partition coefficient (Wildman–Crippen LogP) is 5.65. The molecule has 0 fully saturated rings. The normalized spacial score (nSPS) is 12.3. The van der Waals surface area contributed by atoms with Gasteiger partial charge in [0.15, 0.2) is 0 Å². The van der Waals surface area contributed by atoms with E-state index < -0.39 is 0 Å². The quantitative estimate of drug-likeness (QED) is 0.504. The summed E-state index contributed by atoms with van der Waals surface area (Å²) in [7, 11) is 0. The van der Waals surface area contributed by atoms with Gasteiger partial charge >= 0.3 is 0 Å². The molecule has 0 heterocycles. The van der Waals surface area contributed by atoms with Crippen molar-refractivity contribution in [3.8, 4) is 5.75 Å². The van der Waals surface area contributed by atoms with Crippen molar-refractivity contribution in [2.45, 2.75) is 77.7 Å². The Labute approximate surface area is 130 Å². The van der Waals surface area contributed by atoms with E-state index in [9.17, 15) is 5.11 Å². The van der Waals surface area contributed by atoms with Crippen LogP contribution in [0.3, 0.4) is 0 Å². The fourth-order valence-electron chi connectivity index (χ4n) is 2.49. The molecule has 0 aromatic heterocycles. The summed E-state index contributed by atoms with van der Waals surface area (Å²) < 4.78 is 5.62. The van der Waals surface area contributed by atoms with Gasteiger partial charge in [0.2, 0.25) is 0 Å². The van der Waals surface area contributed by atoms with Gasteiger partial charge in [0, 0.05) is 0 Å². The van der Waals surface area contributed by atoms with Crippen LogP contribution in [0.5, 0.6) is 5.75 Å². The first-order valence-corrected chi connectivity index (χ1v) is 8.68. The monoisotopic (exact) mass is 292 g/mol. The van der Waals surface area contributed by atoms with Gasteiger partial charge in [-0.15, -0.1) is 0 Å². The van der Waals surface area contributed by atoms with Crippen molar-refractivity contribution in [1.29, 1.82) is 0 Å². The second-order valence-corrected chi connectivity index (χ2v) is 5.85. The van der Waals surface area contributed by atoms with Crippen molar-refractivity contribution in [1.82, 2.24) is 0 Å². The average molecular weight is 292 g/mol. The molecule has 1 atom stereocenters. The predicted molar refractivity (Wildman–Crippen MR) is 89.8 cm³/mol. The van der Waals surface area contributed by atoms with Crippen molar-refractivity contribution in [2.75, 3.05) is 6.61 Å². The lowest BCUT2D eigenvalue weighted by Gasteiger charge is -2.13. The van der Waals surface area contributed by atoms with Gasteiger partial charge in [0.05, 0.1) is 12.7 Å². The highest BCUT2D eigenvalue weighted by Crippen LogP contribution is 2.24. The molecule has 0 bridgehead atoms. The number of hydrogen-bond donors (Lipinski definition) is 1. The fourth-order valence-corrected chi connectivity index (χ4v) is 2.49. The number of aliphatic hydroxyl groups excluding tert-OH is 1. The van der Waals surface area contributed by atoms with Crippen molar-refractivity contribution in [3.05, 3.63) is 29.8 Å². The van der Waals surface area contributed by atoms with Crippen molar-refractivity contribution >= 4 is 0 Å². The molecule has 0 aliphatic heterocycles. The summed E-state index contributed by atoms with van der Waals surface area (Å²) in [4.78, 5) is 0. The van der Waals surface area contributed by atoms with Crippen LogP contribution in [0.4, 0.5) is 0 Å². The van der Waals surface area contributed by atoms with Crippen LogP contribution in [-0.2, 0) is 0 Å². The number of aliphatic hydroxyl groups is 1. The SMILES string of the molecule is CCCCCCCCCC(O)c1cccc(OCCC)c1. The second-order valence-electron chi connectivity index (χ2n) is 5.85. The third-order valence-corrected chi connectivity index (χ3v) is 3.80. The highest BCUT2D eigenvalue weighted by atomic mass is 16.5. The molecule has 1 rings (SSSR count). The van der Waals surface area contributed by atoms with Crippen LogP contribution in [-0.4, -0.2) is 11.7 Å². The first kappa shape index (κ1) is 18.0. The van der Waals surface area contributed by atoms with Crippen LogP contribution < -0.4 is 4.74 Å². The number of unbranched alkanes of at least 4 members (excludes halogenated alkanes) is 6. The molecule has 0 saturated heterocycles. The van der Waals surface area contributed by atoms with Crippen LogP contribution in [0.1, 0.15) is 83.3 Å². The van der Waals surface area contributed by atoms with E-state index in [4.69, 9.17) is 4.74 Å². The first-order valence-electron chi connectivity index (χ1n) is 8.68. The van der Waals surface area contributed by atoms with E-state index in [1.807, 2.05) is 24.3 Å². The second kappa shape index (κ2) is 11.6. The molecule has 120 valence electrons. The lowest BCUT2D eigenvalue weighted by Crippen LogP contribution is -2.00. The van der Waals surface area contributed by atoms with Gasteiger partial charge in [-0.2, -0.15) is 0 Å². The minimum absolute atomic E-state index is 0.356. The molecule has 0 amide bonds. The van der Waals surface area contributed by atoms with E-state index in [1.165, 1.54) is 38.5 Å². The average Bonchev–Trinajstić information content (AvgIpc) is 2.52. The number of rotatable bonds is 12. The lowest BCUT2D eigenvalue weighted by atomic mass is 10.0. The molecule has 1 aromatic carbocycles. The Balaban J connectivity index is 2.23. The van der Waals surface area contributed by atoms with Crippen LogP contribution in [0.2, 0.25) is 0 Å². The van der Waals surface area contributed by atoms with Crippen molar-refractivity contribution in [2.24, 2.45) is 0 Å². The van der Waals surface area contributed by atoms with Gasteiger partial charge in [-0.1, -0.05) is 70.9 Å². The van der Waals surface area contributed by atoms with Crippen molar-refractivity contribution < 1.29 is 9.84 Å². The van der Waals surface area contributed by atoms with Crippen LogP contribution in [0, 0.1) is 0 Å². The Morgan fingerprint density at radius 3 is 2.38 bits per heavy atom. The van der Waals surface area contributed by atoms with Crippen LogP contribution in [0.15, 0.2) is 24.3 Å². The van der Waals surface area contributed by atoms with Crippen LogP contribution in [0.25, 0.3) is 0 Å². The Morgan fingerprint density at radius 1 is 0.952 bits per heavy atom. The minimum atomic E-state index is -0.356. The van der Waals surface area contributed by atoms with Crippen LogP contribution >= 0.6 is 0 Å².